The van der Waals surface area contributed by atoms with E-state index in [1.807, 2.05) is 25.1 Å². The van der Waals surface area contributed by atoms with Crippen molar-refractivity contribution in [3.8, 4) is 11.5 Å². The minimum absolute atomic E-state index is 0.00536. The number of hydrogen-bond acceptors (Lipinski definition) is 4. The summed E-state index contributed by atoms with van der Waals surface area (Å²) in [6, 6.07) is 10.9. The van der Waals surface area contributed by atoms with Gasteiger partial charge in [0.1, 0.15) is 11.5 Å². The molecule has 25 heavy (non-hydrogen) atoms. The van der Waals surface area contributed by atoms with Gasteiger partial charge >= 0.3 is 0 Å². The third-order valence-electron chi connectivity index (χ3n) is 3.68. The number of carbonyl (C=O) groups is 1. The lowest BCUT2D eigenvalue weighted by Gasteiger charge is -2.16. The molecule has 0 bridgehead atoms. The summed E-state index contributed by atoms with van der Waals surface area (Å²) >= 11 is 9.43. The van der Waals surface area contributed by atoms with Gasteiger partial charge in [-0.15, -0.1) is 0 Å². The quantitative estimate of drug-likeness (QED) is 0.687. The van der Waals surface area contributed by atoms with Crippen molar-refractivity contribution in [1.29, 1.82) is 0 Å². The fourth-order valence-corrected chi connectivity index (χ4v) is 3.02. The molecule has 134 valence electrons. The Morgan fingerprint density at radius 2 is 1.84 bits per heavy atom. The summed E-state index contributed by atoms with van der Waals surface area (Å²) < 4.78 is 11.3. The molecule has 0 aliphatic rings. The summed E-state index contributed by atoms with van der Waals surface area (Å²) in [6.07, 6.45) is 0. The number of benzene rings is 2. The molecule has 2 aromatic carbocycles. The minimum atomic E-state index is -0.181. The summed E-state index contributed by atoms with van der Waals surface area (Å²) in [7, 11) is 3.16. The minimum Gasteiger partial charge on any atom is -0.496 e. The lowest BCUT2D eigenvalue weighted by molar-refractivity contribution is -0.115. The van der Waals surface area contributed by atoms with Crippen LogP contribution in [0.1, 0.15) is 18.5 Å². The summed E-state index contributed by atoms with van der Waals surface area (Å²) in [6.45, 7) is 2.14. The lowest BCUT2D eigenvalue weighted by Crippen LogP contribution is -2.30. The van der Waals surface area contributed by atoms with Gasteiger partial charge in [-0.3, -0.25) is 4.79 Å². The first-order valence-corrected chi connectivity index (χ1v) is 8.82. The first-order chi connectivity index (χ1) is 11.9. The highest BCUT2D eigenvalue weighted by atomic mass is 79.9. The maximum atomic E-state index is 12.2. The van der Waals surface area contributed by atoms with Crippen LogP contribution in [-0.4, -0.2) is 26.7 Å². The van der Waals surface area contributed by atoms with Crippen molar-refractivity contribution in [3.05, 3.63) is 51.5 Å². The van der Waals surface area contributed by atoms with E-state index < -0.39 is 0 Å². The molecule has 0 radical (unpaired) electrons. The third kappa shape index (κ3) is 5.36. The van der Waals surface area contributed by atoms with Crippen LogP contribution in [-0.2, 0) is 4.79 Å². The van der Waals surface area contributed by atoms with E-state index in [0.717, 1.165) is 15.8 Å². The normalized spacial score (nSPS) is 11.7. The second-order valence-corrected chi connectivity index (χ2v) is 6.68. The topological polar surface area (TPSA) is 59.6 Å². The van der Waals surface area contributed by atoms with Gasteiger partial charge in [0.15, 0.2) is 0 Å². The van der Waals surface area contributed by atoms with Gasteiger partial charge in [-0.05, 0) is 58.7 Å². The van der Waals surface area contributed by atoms with Gasteiger partial charge in [-0.25, -0.2) is 0 Å². The maximum Gasteiger partial charge on any atom is 0.238 e. The molecule has 2 N–H and O–H groups in total. The molecule has 0 saturated heterocycles. The summed E-state index contributed by atoms with van der Waals surface area (Å²) in [5.74, 6) is 1.15. The molecular weight excluding hydrogens is 408 g/mol. The Kier molecular flexibility index (Phi) is 7.11. The Bertz CT molecular complexity index is 755. The van der Waals surface area contributed by atoms with Crippen molar-refractivity contribution in [2.24, 2.45) is 0 Å². The van der Waals surface area contributed by atoms with Gasteiger partial charge in [-0.2, -0.15) is 0 Å². The molecule has 0 aliphatic heterocycles. The molecular formula is C18H20BrClN2O3. The molecule has 0 heterocycles. The van der Waals surface area contributed by atoms with Crippen molar-refractivity contribution in [1.82, 2.24) is 5.32 Å². The number of anilines is 1. The summed E-state index contributed by atoms with van der Waals surface area (Å²) in [5, 5.41) is 6.52. The monoisotopic (exact) mass is 426 g/mol. The number of carbonyl (C=O) groups excluding carboxylic acids is 1. The fraction of sp³-hybridized carbons (Fsp3) is 0.278. The fourth-order valence-electron chi connectivity index (χ4n) is 2.29. The van der Waals surface area contributed by atoms with E-state index in [4.69, 9.17) is 21.1 Å². The van der Waals surface area contributed by atoms with E-state index in [9.17, 15) is 4.79 Å². The SMILES string of the molecule is COc1ccc(C(C)NCC(=O)Nc2cc(Cl)ccc2OC)cc1Br. The number of hydrogen-bond donors (Lipinski definition) is 2. The van der Waals surface area contributed by atoms with E-state index in [2.05, 4.69) is 26.6 Å². The second kappa shape index (κ2) is 9.08. The first-order valence-electron chi connectivity index (χ1n) is 7.64. The van der Waals surface area contributed by atoms with Crippen LogP contribution < -0.4 is 20.1 Å². The molecule has 0 aromatic heterocycles. The van der Waals surface area contributed by atoms with Crippen LogP contribution >= 0.6 is 27.5 Å². The average molecular weight is 428 g/mol. The Labute approximate surface area is 160 Å². The van der Waals surface area contributed by atoms with Crippen LogP contribution in [0.15, 0.2) is 40.9 Å². The van der Waals surface area contributed by atoms with E-state index in [-0.39, 0.29) is 18.5 Å². The highest BCUT2D eigenvalue weighted by Gasteiger charge is 2.12. The standard InChI is InChI=1S/C18H20BrClN2O3/c1-11(12-4-6-16(24-2)14(19)8-12)21-10-18(23)22-15-9-13(20)5-7-17(15)25-3/h4-9,11,21H,10H2,1-3H3,(H,22,23). The van der Waals surface area contributed by atoms with Gasteiger partial charge in [0.25, 0.3) is 0 Å². The number of ether oxygens (including phenoxy) is 2. The Morgan fingerprint density at radius 1 is 1.16 bits per heavy atom. The Hall–Kier alpha value is -1.76. The van der Waals surface area contributed by atoms with Gasteiger partial charge in [0, 0.05) is 11.1 Å². The van der Waals surface area contributed by atoms with Crippen LogP contribution in [0.3, 0.4) is 0 Å². The Balaban J connectivity index is 1.95. The zero-order valence-corrected chi connectivity index (χ0v) is 16.6. The number of amides is 1. The number of rotatable bonds is 7. The van der Waals surface area contributed by atoms with E-state index >= 15 is 0 Å². The molecule has 7 heteroatoms. The van der Waals surface area contributed by atoms with Crippen LogP contribution in [0.2, 0.25) is 5.02 Å². The molecule has 1 unspecified atom stereocenters. The number of halogens is 2. The largest absolute Gasteiger partial charge is 0.496 e. The van der Waals surface area contributed by atoms with Crippen molar-refractivity contribution < 1.29 is 14.3 Å². The van der Waals surface area contributed by atoms with E-state index in [0.29, 0.717) is 16.5 Å². The molecule has 0 aliphatic carbocycles. The predicted octanol–water partition coefficient (Wildman–Crippen LogP) is 4.41. The van der Waals surface area contributed by atoms with Crippen molar-refractivity contribution >= 4 is 39.1 Å². The third-order valence-corrected chi connectivity index (χ3v) is 4.54. The highest BCUT2D eigenvalue weighted by Crippen LogP contribution is 2.29. The second-order valence-electron chi connectivity index (χ2n) is 5.39. The average Bonchev–Trinajstić information content (AvgIpc) is 2.59. The van der Waals surface area contributed by atoms with Gasteiger partial charge in [-0.1, -0.05) is 17.7 Å². The van der Waals surface area contributed by atoms with Crippen molar-refractivity contribution in [3.63, 3.8) is 0 Å². The lowest BCUT2D eigenvalue weighted by atomic mass is 10.1. The molecule has 2 rings (SSSR count). The maximum absolute atomic E-state index is 12.2. The number of methoxy groups -OCH3 is 2. The van der Waals surface area contributed by atoms with Crippen LogP contribution in [0.5, 0.6) is 11.5 Å². The molecule has 1 amide bonds. The molecule has 0 saturated carbocycles. The van der Waals surface area contributed by atoms with Crippen molar-refractivity contribution in [2.75, 3.05) is 26.1 Å². The van der Waals surface area contributed by atoms with E-state index in [1.165, 1.54) is 0 Å². The molecule has 5 nitrogen and oxygen atoms in total. The smallest absolute Gasteiger partial charge is 0.238 e. The molecule has 0 spiro atoms. The van der Waals surface area contributed by atoms with Crippen molar-refractivity contribution in [2.45, 2.75) is 13.0 Å². The highest BCUT2D eigenvalue weighted by molar-refractivity contribution is 9.10. The Morgan fingerprint density at radius 3 is 2.48 bits per heavy atom. The van der Waals surface area contributed by atoms with Crippen LogP contribution in [0.4, 0.5) is 5.69 Å². The summed E-state index contributed by atoms with van der Waals surface area (Å²) in [5.41, 5.74) is 1.59. The summed E-state index contributed by atoms with van der Waals surface area (Å²) in [4.78, 5) is 12.2. The first kappa shape index (κ1) is 19.6. The molecule has 2 aromatic rings. The molecule has 1 atom stereocenters. The predicted molar refractivity (Wildman–Crippen MR) is 104 cm³/mol. The van der Waals surface area contributed by atoms with Gasteiger partial charge < -0.3 is 20.1 Å². The zero-order valence-electron chi connectivity index (χ0n) is 14.2. The van der Waals surface area contributed by atoms with Gasteiger partial charge in [0.2, 0.25) is 5.91 Å². The van der Waals surface area contributed by atoms with E-state index in [1.54, 1.807) is 32.4 Å². The van der Waals surface area contributed by atoms with Crippen LogP contribution in [0, 0.1) is 0 Å². The zero-order chi connectivity index (χ0) is 18.4. The molecule has 0 fully saturated rings. The van der Waals surface area contributed by atoms with Crippen LogP contribution in [0.25, 0.3) is 0 Å². The number of nitrogens with one attached hydrogen (secondary N) is 2. The van der Waals surface area contributed by atoms with Gasteiger partial charge in [0.05, 0.1) is 30.9 Å².